The van der Waals surface area contributed by atoms with E-state index in [2.05, 4.69) is 34.6 Å². The maximum atomic E-state index is 12.2. The highest BCUT2D eigenvalue weighted by Crippen LogP contribution is 2.73. The molecule has 3 fully saturated rings. The zero-order valence-corrected chi connectivity index (χ0v) is 20.2. The normalized spacial score (nSPS) is 48.0. The number of carbonyl (C=O) groups is 1. The van der Waals surface area contributed by atoms with E-state index in [-0.39, 0.29) is 28.8 Å². The molecule has 1 aromatic rings. The third-order valence-electron chi connectivity index (χ3n) is 10.8. The first-order chi connectivity index (χ1) is 14.4. The predicted octanol–water partition coefficient (Wildman–Crippen LogP) is 6.17. The summed E-state index contributed by atoms with van der Waals surface area (Å²) >= 11 is 0. The number of furan rings is 1. The number of carbonyl (C=O) groups excluding carboxylic acids is 1. The molecule has 0 spiro atoms. The summed E-state index contributed by atoms with van der Waals surface area (Å²) in [4.78, 5) is 12.2. The van der Waals surface area contributed by atoms with Gasteiger partial charge in [-0.3, -0.25) is 4.79 Å². The Balaban J connectivity index is 1.66. The van der Waals surface area contributed by atoms with E-state index >= 15 is 0 Å². The van der Waals surface area contributed by atoms with Gasteiger partial charge in [0.15, 0.2) is 0 Å². The van der Waals surface area contributed by atoms with Crippen molar-refractivity contribution in [1.82, 2.24) is 0 Å². The summed E-state index contributed by atoms with van der Waals surface area (Å²) in [5.74, 6) is 2.03. The highest BCUT2D eigenvalue weighted by molar-refractivity contribution is 5.66. The number of aliphatic hydroxyl groups is 1. The molecule has 172 valence electrons. The average Bonchev–Trinajstić information content (AvgIpc) is 3.16. The SMILES string of the molecule is CC(=O)O[C@H]1C[C@H]2[C@@](C)(CC[C@H]3C(C)(C)CCC[C@]23C)[C@H]2C[C@H](O)c3ccoc3[C@@]12C. The van der Waals surface area contributed by atoms with Crippen molar-refractivity contribution in [2.45, 2.75) is 104 Å². The van der Waals surface area contributed by atoms with Crippen LogP contribution in [0.15, 0.2) is 16.7 Å². The lowest BCUT2D eigenvalue weighted by molar-refractivity contribution is -0.223. The third-order valence-corrected chi connectivity index (χ3v) is 10.8. The molecular weight excluding hydrogens is 388 g/mol. The van der Waals surface area contributed by atoms with Crippen LogP contribution >= 0.6 is 0 Å². The van der Waals surface area contributed by atoms with Crippen LogP contribution in [0.3, 0.4) is 0 Å². The van der Waals surface area contributed by atoms with E-state index in [1.807, 2.05) is 6.07 Å². The summed E-state index contributed by atoms with van der Waals surface area (Å²) in [6.07, 6.45) is 8.85. The van der Waals surface area contributed by atoms with Gasteiger partial charge in [-0.05, 0) is 85.5 Å². The maximum Gasteiger partial charge on any atom is 0.302 e. The number of hydrogen-bond acceptors (Lipinski definition) is 4. The first kappa shape index (κ1) is 21.6. The van der Waals surface area contributed by atoms with Crippen LogP contribution < -0.4 is 0 Å². The molecule has 1 aromatic heterocycles. The number of rotatable bonds is 1. The first-order valence-corrected chi connectivity index (χ1v) is 12.4. The Bertz CT molecular complexity index is 886. The minimum absolute atomic E-state index is 0.0928. The van der Waals surface area contributed by atoms with E-state index in [1.54, 1.807) is 6.26 Å². The number of fused-ring (bicyclic) bond motifs is 7. The van der Waals surface area contributed by atoms with Gasteiger partial charge in [0.25, 0.3) is 0 Å². The second kappa shape index (κ2) is 6.62. The van der Waals surface area contributed by atoms with E-state index in [1.165, 1.54) is 39.0 Å². The smallest absolute Gasteiger partial charge is 0.302 e. The zero-order valence-electron chi connectivity index (χ0n) is 20.2. The van der Waals surface area contributed by atoms with Crippen molar-refractivity contribution in [2.75, 3.05) is 0 Å². The fourth-order valence-electron chi connectivity index (χ4n) is 9.57. The molecule has 4 aliphatic rings. The van der Waals surface area contributed by atoms with E-state index in [0.29, 0.717) is 17.3 Å². The predicted molar refractivity (Wildman–Crippen MR) is 119 cm³/mol. The van der Waals surface area contributed by atoms with Crippen LogP contribution in [0, 0.1) is 34.0 Å². The first-order valence-electron chi connectivity index (χ1n) is 12.4. The minimum atomic E-state index is -0.506. The van der Waals surface area contributed by atoms with Gasteiger partial charge in [0, 0.05) is 12.5 Å². The average molecular weight is 429 g/mol. The van der Waals surface area contributed by atoms with Gasteiger partial charge in [0.2, 0.25) is 0 Å². The van der Waals surface area contributed by atoms with Gasteiger partial charge >= 0.3 is 5.97 Å². The van der Waals surface area contributed by atoms with Crippen molar-refractivity contribution >= 4 is 5.97 Å². The van der Waals surface area contributed by atoms with Crippen molar-refractivity contribution in [3.8, 4) is 0 Å². The summed E-state index contributed by atoms with van der Waals surface area (Å²) in [5, 5.41) is 11.1. The quantitative estimate of drug-likeness (QED) is 0.543. The largest absolute Gasteiger partial charge is 0.468 e. The van der Waals surface area contributed by atoms with E-state index < -0.39 is 11.5 Å². The molecule has 4 heteroatoms. The van der Waals surface area contributed by atoms with Crippen LogP contribution in [0.1, 0.15) is 104 Å². The summed E-state index contributed by atoms with van der Waals surface area (Å²) in [6, 6.07) is 1.91. The topological polar surface area (TPSA) is 59.7 Å². The molecule has 4 aliphatic carbocycles. The molecule has 31 heavy (non-hydrogen) atoms. The molecule has 0 unspecified atom stereocenters. The molecule has 0 saturated heterocycles. The van der Waals surface area contributed by atoms with Gasteiger partial charge < -0.3 is 14.3 Å². The van der Waals surface area contributed by atoms with Crippen LogP contribution in [0.25, 0.3) is 0 Å². The number of esters is 1. The van der Waals surface area contributed by atoms with E-state index in [0.717, 1.165) is 24.2 Å². The van der Waals surface area contributed by atoms with Gasteiger partial charge in [0.1, 0.15) is 11.9 Å². The molecule has 5 rings (SSSR count). The summed E-state index contributed by atoms with van der Waals surface area (Å²) in [5.41, 5.74) is 1.17. The van der Waals surface area contributed by atoms with Crippen molar-refractivity contribution in [3.63, 3.8) is 0 Å². The fourth-order valence-corrected chi connectivity index (χ4v) is 9.57. The minimum Gasteiger partial charge on any atom is -0.468 e. The summed E-state index contributed by atoms with van der Waals surface area (Å²) < 4.78 is 12.2. The molecule has 4 nitrogen and oxygen atoms in total. The lowest BCUT2D eigenvalue weighted by atomic mass is 9.35. The fraction of sp³-hybridized carbons (Fsp3) is 0.815. The monoisotopic (exact) mass is 428 g/mol. The maximum absolute atomic E-state index is 12.2. The standard InChI is InChI=1S/C27H40O4/c1-16(28)31-22-15-20-25(4)11-7-10-24(2,3)19(25)8-12-26(20,5)21-14-18(29)17-9-13-30-23(17)27(21,22)6/h9,13,18-22,29H,7-8,10-12,14-15H2,1-6H3/t18-,19-,20+,21+,22-,25-,26+,27+/m0/s1. The third kappa shape index (κ3) is 2.72. The van der Waals surface area contributed by atoms with Gasteiger partial charge in [-0.15, -0.1) is 0 Å². The van der Waals surface area contributed by atoms with Crippen LogP contribution in [0.5, 0.6) is 0 Å². The Labute approximate surface area is 187 Å². The Morgan fingerprint density at radius 3 is 2.45 bits per heavy atom. The van der Waals surface area contributed by atoms with Crippen LogP contribution in [0.2, 0.25) is 0 Å². The highest BCUT2D eigenvalue weighted by atomic mass is 16.5. The Kier molecular flexibility index (Phi) is 4.60. The van der Waals surface area contributed by atoms with Crippen molar-refractivity contribution < 1.29 is 19.1 Å². The molecule has 3 saturated carbocycles. The van der Waals surface area contributed by atoms with Gasteiger partial charge in [-0.25, -0.2) is 0 Å². The van der Waals surface area contributed by atoms with Crippen molar-refractivity contribution in [2.24, 2.45) is 34.0 Å². The Morgan fingerprint density at radius 1 is 1.03 bits per heavy atom. The zero-order chi connectivity index (χ0) is 22.4. The molecule has 1 N–H and O–H groups in total. The van der Waals surface area contributed by atoms with Gasteiger partial charge in [-0.2, -0.15) is 0 Å². The Morgan fingerprint density at radius 2 is 1.74 bits per heavy atom. The lowest BCUT2D eigenvalue weighted by Crippen LogP contribution is -2.67. The van der Waals surface area contributed by atoms with E-state index in [4.69, 9.17) is 9.15 Å². The molecule has 0 bridgehead atoms. The molecule has 0 aliphatic heterocycles. The highest BCUT2D eigenvalue weighted by Gasteiger charge is 2.69. The molecule has 0 aromatic carbocycles. The van der Waals surface area contributed by atoms with Crippen LogP contribution in [-0.2, 0) is 14.9 Å². The summed E-state index contributed by atoms with van der Waals surface area (Å²) in [6.45, 7) is 13.7. The van der Waals surface area contributed by atoms with Crippen LogP contribution in [-0.4, -0.2) is 17.2 Å². The van der Waals surface area contributed by atoms with Gasteiger partial charge in [0.05, 0.1) is 17.8 Å². The van der Waals surface area contributed by atoms with E-state index in [9.17, 15) is 9.90 Å². The molecule has 0 radical (unpaired) electrons. The molecule has 0 amide bonds. The second-order valence-corrected chi connectivity index (χ2v) is 12.6. The second-order valence-electron chi connectivity index (χ2n) is 12.6. The van der Waals surface area contributed by atoms with Crippen LogP contribution in [0.4, 0.5) is 0 Å². The van der Waals surface area contributed by atoms with Crippen molar-refractivity contribution in [1.29, 1.82) is 0 Å². The Hall–Kier alpha value is -1.29. The number of hydrogen-bond donors (Lipinski definition) is 1. The van der Waals surface area contributed by atoms with Crippen molar-refractivity contribution in [3.05, 3.63) is 23.7 Å². The summed E-state index contributed by atoms with van der Waals surface area (Å²) in [7, 11) is 0. The molecule has 1 heterocycles. The molecular formula is C27H40O4. The number of aliphatic hydroxyl groups excluding tert-OH is 1. The molecule has 8 atom stereocenters. The van der Waals surface area contributed by atoms with Gasteiger partial charge in [-0.1, -0.05) is 34.1 Å². The number of ether oxygens (including phenoxy) is 1. The lowest BCUT2D eigenvalue weighted by Gasteiger charge is -2.69.